The van der Waals surface area contributed by atoms with E-state index < -0.39 is 12.7 Å². The number of aromatic nitrogens is 3. The van der Waals surface area contributed by atoms with E-state index in [9.17, 15) is 8.78 Å². The Morgan fingerprint density at radius 2 is 2.06 bits per heavy atom. The number of anilines is 1. The molecule has 1 unspecified atom stereocenters. The van der Waals surface area contributed by atoms with Gasteiger partial charge in [0.15, 0.2) is 11.6 Å². The van der Waals surface area contributed by atoms with Crippen molar-refractivity contribution in [3.63, 3.8) is 0 Å². The highest BCUT2D eigenvalue weighted by Crippen LogP contribution is 2.68. The van der Waals surface area contributed by atoms with Gasteiger partial charge in [-0.2, -0.15) is 13.9 Å². The van der Waals surface area contributed by atoms with Crippen LogP contribution in [0.1, 0.15) is 24.1 Å². The second-order valence-electron chi connectivity index (χ2n) is 8.79. The van der Waals surface area contributed by atoms with E-state index in [0.29, 0.717) is 40.8 Å². The van der Waals surface area contributed by atoms with E-state index in [1.165, 1.54) is 24.8 Å². The summed E-state index contributed by atoms with van der Waals surface area (Å²) in [6.07, 6.45) is 6.99. The number of pyridine rings is 1. The quantitative estimate of drug-likeness (QED) is 0.330. The van der Waals surface area contributed by atoms with Gasteiger partial charge in [-0.3, -0.25) is 10.1 Å². The normalized spacial score (nSPS) is 28.8. The summed E-state index contributed by atoms with van der Waals surface area (Å²) in [7, 11) is 0. The van der Waals surface area contributed by atoms with Crippen molar-refractivity contribution in [2.45, 2.75) is 25.0 Å². The molecule has 0 radical (unpaired) electrons. The Hall–Kier alpha value is -3.30. The maximum absolute atomic E-state index is 12.7. The van der Waals surface area contributed by atoms with E-state index in [0.717, 1.165) is 25.2 Å². The van der Waals surface area contributed by atoms with Crippen LogP contribution >= 0.6 is 0 Å². The molecule has 0 bridgehead atoms. The number of nitrogens with two attached hydrogens (primary N) is 1. The number of hydrogen-bond donors (Lipinski definition) is 3. The summed E-state index contributed by atoms with van der Waals surface area (Å²) in [6, 6.07) is 2.97. The number of hydrogen-bond acceptors (Lipinski definition) is 6. The Kier molecular flexibility index (Phi) is 4.94. The van der Waals surface area contributed by atoms with Crippen molar-refractivity contribution in [2.24, 2.45) is 23.7 Å². The van der Waals surface area contributed by atoms with Crippen LogP contribution in [0, 0.1) is 34.5 Å². The summed E-state index contributed by atoms with van der Waals surface area (Å²) in [5, 5.41) is 20.1. The fraction of sp³-hybridized carbons (Fsp3) is 0.455. The molecule has 1 aliphatic heterocycles. The van der Waals surface area contributed by atoms with Crippen LogP contribution in [0.2, 0.25) is 0 Å². The number of ether oxygens (including phenoxy) is 1. The average molecular weight is 441 g/mol. The standard InChI is InChI=1S/C22H25F2N7O/c1-2-13(6-25)31-17(20-14-3-12-8-30(10-26)9-15(12)19(14)20)5-16(29-31)11-4-18(32-22(23)24)21(27)28-7-11/h2,4-7,10,12-15,19-20,22,25-26H,1,3,8-9H2,(H2,27,28)/t12-,13?,14+,15+,19+,20+/m0/s1. The van der Waals surface area contributed by atoms with Crippen LogP contribution in [-0.2, 0) is 0 Å². The highest BCUT2D eigenvalue weighted by molar-refractivity contribution is 5.66. The smallest absolute Gasteiger partial charge is 0.387 e. The van der Waals surface area contributed by atoms with Crippen molar-refractivity contribution in [3.05, 3.63) is 36.7 Å². The first-order chi connectivity index (χ1) is 15.4. The Morgan fingerprint density at radius 1 is 1.25 bits per heavy atom. The van der Waals surface area contributed by atoms with Crippen molar-refractivity contribution in [2.75, 3.05) is 18.8 Å². The molecule has 32 heavy (non-hydrogen) atoms. The summed E-state index contributed by atoms with van der Waals surface area (Å²) in [6.45, 7) is 2.71. The molecule has 0 aromatic carbocycles. The Morgan fingerprint density at radius 3 is 2.75 bits per heavy atom. The highest BCUT2D eigenvalue weighted by atomic mass is 19.3. The number of nitrogens with zero attached hydrogens (tertiary/aromatic N) is 4. The third-order valence-electron chi connectivity index (χ3n) is 7.20. The van der Waals surface area contributed by atoms with Gasteiger partial charge >= 0.3 is 6.61 Å². The molecule has 4 N–H and O–H groups in total. The molecule has 2 aromatic rings. The molecular formula is C22H25F2N7O. The molecule has 10 heteroatoms. The zero-order valence-electron chi connectivity index (χ0n) is 17.4. The van der Waals surface area contributed by atoms with Gasteiger partial charge in [-0.25, -0.2) is 4.98 Å². The second kappa shape index (κ2) is 7.68. The van der Waals surface area contributed by atoms with Gasteiger partial charge in [0.25, 0.3) is 0 Å². The maximum atomic E-state index is 12.7. The Labute approximate surface area is 184 Å². The van der Waals surface area contributed by atoms with Crippen LogP contribution in [0.3, 0.4) is 0 Å². The number of fused-ring (bicyclic) bond motifs is 3. The molecule has 0 amide bonds. The van der Waals surface area contributed by atoms with E-state index in [1.807, 2.05) is 6.07 Å². The lowest BCUT2D eigenvalue weighted by atomic mass is 9.91. The SMILES string of the molecule is C=CC(C=N)n1nc(-c2cnc(N)c(OC(F)F)c2)cc1[C@H]1[C@@H]2C[C@H]3CN(C=N)C[C@H]3[C@@H]21. The first kappa shape index (κ1) is 20.6. The predicted molar refractivity (Wildman–Crippen MR) is 116 cm³/mol. The summed E-state index contributed by atoms with van der Waals surface area (Å²) in [5.74, 6) is 2.31. The van der Waals surface area contributed by atoms with Crippen LogP contribution < -0.4 is 10.5 Å². The van der Waals surface area contributed by atoms with E-state index in [-0.39, 0.29) is 11.6 Å². The first-order valence-corrected chi connectivity index (χ1v) is 10.6. The summed E-state index contributed by atoms with van der Waals surface area (Å²) in [4.78, 5) is 6.07. The third-order valence-corrected chi connectivity index (χ3v) is 7.20. The predicted octanol–water partition coefficient (Wildman–Crippen LogP) is 3.39. The monoisotopic (exact) mass is 441 g/mol. The average Bonchev–Trinajstić information content (AvgIpc) is 3.10. The molecule has 1 saturated heterocycles. The van der Waals surface area contributed by atoms with Crippen molar-refractivity contribution in [1.82, 2.24) is 19.7 Å². The summed E-state index contributed by atoms with van der Waals surface area (Å²) in [5.41, 5.74) is 7.77. The van der Waals surface area contributed by atoms with Crippen LogP contribution in [0.25, 0.3) is 11.3 Å². The number of allylic oxidation sites excluding steroid dienone is 1. The Balaban J connectivity index is 1.49. The molecule has 6 atom stereocenters. The number of halogens is 2. The van der Waals surface area contributed by atoms with E-state index in [1.54, 1.807) is 10.8 Å². The molecular weight excluding hydrogens is 416 g/mol. The lowest BCUT2D eigenvalue weighted by Crippen LogP contribution is -2.19. The van der Waals surface area contributed by atoms with Crippen LogP contribution in [-0.4, -0.2) is 51.9 Å². The van der Waals surface area contributed by atoms with Crippen molar-refractivity contribution in [3.8, 4) is 17.0 Å². The maximum Gasteiger partial charge on any atom is 0.387 e. The van der Waals surface area contributed by atoms with Gasteiger partial charge in [0.05, 0.1) is 12.0 Å². The second-order valence-corrected chi connectivity index (χ2v) is 8.79. The summed E-state index contributed by atoms with van der Waals surface area (Å²) < 4.78 is 31.8. The molecule has 2 aromatic heterocycles. The van der Waals surface area contributed by atoms with Crippen molar-refractivity contribution < 1.29 is 13.5 Å². The minimum Gasteiger partial charge on any atom is -0.431 e. The first-order valence-electron chi connectivity index (χ1n) is 10.6. The number of nitrogens with one attached hydrogen (secondary N) is 2. The van der Waals surface area contributed by atoms with E-state index in [2.05, 4.69) is 21.2 Å². The molecule has 2 aliphatic carbocycles. The number of alkyl halides is 2. The molecule has 2 saturated carbocycles. The van der Waals surface area contributed by atoms with Crippen LogP contribution in [0.4, 0.5) is 14.6 Å². The van der Waals surface area contributed by atoms with Crippen LogP contribution in [0.5, 0.6) is 5.75 Å². The van der Waals surface area contributed by atoms with Crippen molar-refractivity contribution >= 4 is 18.4 Å². The lowest BCUT2D eigenvalue weighted by molar-refractivity contribution is -0.0494. The largest absolute Gasteiger partial charge is 0.431 e. The number of likely N-dealkylation sites (tertiary alicyclic amines) is 1. The minimum atomic E-state index is -3.00. The third kappa shape index (κ3) is 3.25. The van der Waals surface area contributed by atoms with Gasteiger partial charge in [0.1, 0.15) is 6.04 Å². The lowest BCUT2D eigenvalue weighted by Gasteiger charge is -2.17. The van der Waals surface area contributed by atoms with Gasteiger partial charge in [-0.05, 0) is 42.2 Å². The molecule has 3 fully saturated rings. The zero-order chi connectivity index (χ0) is 22.6. The molecule has 3 aliphatic rings. The Bertz CT molecular complexity index is 1060. The molecule has 3 heterocycles. The van der Waals surface area contributed by atoms with Gasteiger partial charge < -0.3 is 20.8 Å². The van der Waals surface area contributed by atoms with Gasteiger partial charge in [0, 0.05) is 42.7 Å². The summed E-state index contributed by atoms with van der Waals surface area (Å²) >= 11 is 0. The zero-order valence-corrected chi connectivity index (χ0v) is 17.4. The number of rotatable bonds is 8. The van der Waals surface area contributed by atoms with Gasteiger partial charge in [-0.1, -0.05) is 6.08 Å². The minimum absolute atomic E-state index is 0.114. The molecule has 168 valence electrons. The van der Waals surface area contributed by atoms with Crippen LogP contribution in [0.15, 0.2) is 31.0 Å². The van der Waals surface area contributed by atoms with E-state index in [4.69, 9.17) is 21.7 Å². The fourth-order valence-electron chi connectivity index (χ4n) is 5.84. The van der Waals surface area contributed by atoms with E-state index >= 15 is 0 Å². The molecule has 0 spiro atoms. The fourth-order valence-corrected chi connectivity index (χ4v) is 5.84. The topological polar surface area (TPSA) is 117 Å². The van der Waals surface area contributed by atoms with Gasteiger partial charge in [0.2, 0.25) is 0 Å². The van der Waals surface area contributed by atoms with Gasteiger partial charge in [-0.15, -0.1) is 6.58 Å². The molecule has 5 rings (SSSR count). The number of nitrogen functional groups attached to an aromatic ring is 1. The molecule has 8 nitrogen and oxygen atoms in total. The highest BCUT2D eigenvalue weighted by Gasteiger charge is 2.64. The van der Waals surface area contributed by atoms with Crippen molar-refractivity contribution in [1.29, 1.82) is 10.8 Å².